The topological polar surface area (TPSA) is 138 Å². The molecule has 4 N–H and O–H groups in total. The molecule has 148 valence electrons. The lowest BCUT2D eigenvalue weighted by Gasteiger charge is -2.16. The van der Waals surface area contributed by atoms with Gasteiger partial charge in [0.1, 0.15) is 24.6 Å². The number of ether oxygens (including phenoxy) is 1. The number of aromatic nitrogens is 4. The van der Waals surface area contributed by atoms with Crippen LogP contribution < -0.4 is 5.49 Å². The molecule has 0 unspecified atom stereocenters. The molecular weight excluding hydrogens is 366 g/mol. The van der Waals surface area contributed by atoms with E-state index in [4.69, 9.17) is 4.74 Å². The zero-order valence-electron chi connectivity index (χ0n) is 14.9. The summed E-state index contributed by atoms with van der Waals surface area (Å²) in [7, 11) is 0. The number of benzene rings is 1. The first-order valence-electron chi connectivity index (χ1n) is 8.90. The van der Waals surface area contributed by atoms with Crippen LogP contribution in [0.15, 0.2) is 48.0 Å². The minimum atomic E-state index is -1.25. The summed E-state index contributed by atoms with van der Waals surface area (Å²) in [5.74, 6) is 0. The highest BCUT2D eigenvalue weighted by molar-refractivity contribution is 5.68. The zero-order chi connectivity index (χ0) is 19.7. The number of imidazole rings is 1. The van der Waals surface area contributed by atoms with Crippen molar-refractivity contribution in [3.63, 3.8) is 0 Å². The molecule has 1 aliphatic rings. The van der Waals surface area contributed by atoms with Gasteiger partial charge in [-0.3, -0.25) is 9.56 Å². The fourth-order valence-corrected chi connectivity index (χ4v) is 3.29. The van der Waals surface area contributed by atoms with Gasteiger partial charge in [-0.1, -0.05) is 30.3 Å². The number of aliphatic hydroxyl groups excluding tert-OH is 3. The van der Waals surface area contributed by atoms with Crippen molar-refractivity contribution in [2.45, 2.75) is 31.0 Å². The summed E-state index contributed by atoms with van der Waals surface area (Å²) in [6.45, 7) is 0.00982. The molecule has 2 aromatic heterocycles. The lowest BCUT2D eigenvalue weighted by Crippen LogP contribution is -2.33. The van der Waals surface area contributed by atoms with Gasteiger partial charge in [-0.25, -0.2) is 9.97 Å². The monoisotopic (exact) mass is 387 g/mol. The highest BCUT2D eigenvalue weighted by atomic mass is 16.6. The van der Waals surface area contributed by atoms with Crippen LogP contribution in [0.5, 0.6) is 0 Å². The zero-order valence-corrected chi connectivity index (χ0v) is 14.9. The molecule has 4 rings (SSSR count). The Morgan fingerprint density at radius 3 is 2.57 bits per heavy atom. The fraction of sp³-hybridized carbons (Fsp3) is 0.389. The number of aliphatic hydroxyl groups is 3. The number of nitrogens with zero attached hydrogens (tertiary/aromatic N) is 5. The van der Waals surface area contributed by atoms with Crippen molar-refractivity contribution in [1.29, 1.82) is 0 Å². The van der Waals surface area contributed by atoms with Crippen molar-refractivity contribution < 1.29 is 25.3 Å². The highest BCUT2D eigenvalue weighted by Gasteiger charge is 2.44. The molecule has 10 nitrogen and oxygen atoms in total. The number of fused-ring (bicyclic) bond motifs is 1. The van der Waals surface area contributed by atoms with Crippen LogP contribution in [-0.2, 0) is 11.2 Å². The van der Waals surface area contributed by atoms with Gasteiger partial charge in [0.25, 0.3) is 0 Å². The van der Waals surface area contributed by atoms with Crippen molar-refractivity contribution in [3.8, 4) is 0 Å². The third-order valence-electron chi connectivity index (χ3n) is 4.78. The lowest BCUT2D eigenvalue weighted by molar-refractivity contribution is -0.0511. The van der Waals surface area contributed by atoms with Crippen molar-refractivity contribution in [3.05, 3.63) is 54.0 Å². The predicted molar refractivity (Wildman–Crippen MR) is 96.3 cm³/mol. The van der Waals surface area contributed by atoms with E-state index in [0.29, 0.717) is 24.1 Å². The van der Waals surface area contributed by atoms with Gasteiger partial charge in [0, 0.05) is 6.54 Å². The first kappa shape index (κ1) is 18.6. The standard InChI is InChI=1S/C18H21N5O5/c24-8-12-14(25)15(26)18(28-12)22-9-20-13-16(22)21-10-23(27)17(13)19-7-6-11-4-2-1-3-5-11/h1-5,9-10,12,14-15,18,24-27H,6-8H2/t12-,14-,15-,18-/m1/s1. The molecule has 0 radical (unpaired) electrons. The van der Waals surface area contributed by atoms with E-state index in [2.05, 4.69) is 15.0 Å². The van der Waals surface area contributed by atoms with E-state index in [0.717, 1.165) is 10.3 Å². The van der Waals surface area contributed by atoms with Gasteiger partial charge < -0.3 is 25.3 Å². The molecule has 4 atom stereocenters. The van der Waals surface area contributed by atoms with Crippen LogP contribution in [0.4, 0.5) is 0 Å². The maximum absolute atomic E-state index is 10.2. The molecule has 3 heterocycles. The van der Waals surface area contributed by atoms with E-state index < -0.39 is 31.1 Å². The van der Waals surface area contributed by atoms with E-state index in [-0.39, 0.29) is 5.49 Å². The Morgan fingerprint density at radius 2 is 1.86 bits per heavy atom. The average Bonchev–Trinajstić information content (AvgIpc) is 3.26. The van der Waals surface area contributed by atoms with E-state index >= 15 is 0 Å². The number of hydrogen-bond donors (Lipinski definition) is 4. The van der Waals surface area contributed by atoms with Gasteiger partial charge in [-0.05, 0) is 12.0 Å². The van der Waals surface area contributed by atoms with Crippen molar-refractivity contribution in [2.24, 2.45) is 4.99 Å². The summed E-state index contributed by atoms with van der Waals surface area (Å²) in [5.41, 5.74) is 2.01. The van der Waals surface area contributed by atoms with Crippen LogP contribution in [0, 0.1) is 0 Å². The van der Waals surface area contributed by atoms with Crippen LogP contribution >= 0.6 is 0 Å². The smallest absolute Gasteiger partial charge is 0.195 e. The molecule has 0 bridgehead atoms. The quantitative estimate of drug-likeness (QED) is 0.422. The minimum Gasteiger partial charge on any atom is -0.425 e. The molecule has 0 amide bonds. The summed E-state index contributed by atoms with van der Waals surface area (Å²) in [6, 6.07) is 9.85. The number of hydrogen-bond acceptors (Lipinski definition) is 8. The number of rotatable bonds is 5. The Labute approximate surface area is 159 Å². The van der Waals surface area contributed by atoms with Crippen LogP contribution in [-0.4, -0.2) is 71.3 Å². The summed E-state index contributed by atoms with van der Waals surface area (Å²) < 4.78 is 7.78. The first-order chi connectivity index (χ1) is 13.6. The van der Waals surface area contributed by atoms with Crippen molar-refractivity contribution >= 4 is 11.2 Å². The van der Waals surface area contributed by atoms with Gasteiger partial charge in [-0.2, -0.15) is 4.73 Å². The second-order valence-corrected chi connectivity index (χ2v) is 6.58. The third-order valence-corrected chi connectivity index (χ3v) is 4.78. The molecule has 10 heteroatoms. The SMILES string of the molecule is OC[C@H]1O[C@@H](n2cnc3c(=NCCc4ccccc4)n(O)cnc32)[C@H](O)[C@@H]1O. The molecular formula is C18H21N5O5. The molecule has 0 saturated carbocycles. The van der Waals surface area contributed by atoms with Crippen molar-refractivity contribution in [2.75, 3.05) is 13.2 Å². The normalized spacial score (nSPS) is 25.6. The molecule has 3 aromatic rings. The second kappa shape index (κ2) is 7.68. The summed E-state index contributed by atoms with van der Waals surface area (Å²) in [5, 5.41) is 39.6. The fourth-order valence-electron chi connectivity index (χ4n) is 3.29. The first-order valence-corrected chi connectivity index (χ1v) is 8.90. The van der Waals surface area contributed by atoms with Crippen LogP contribution in [0.1, 0.15) is 11.8 Å². The largest absolute Gasteiger partial charge is 0.425 e. The van der Waals surface area contributed by atoms with Crippen LogP contribution in [0.2, 0.25) is 0 Å². The van der Waals surface area contributed by atoms with Gasteiger partial charge in [0.2, 0.25) is 0 Å². The second-order valence-electron chi connectivity index (χ2n) is 6.58. The maximum atomic E-state index is 10.2. The van der Waals surface area contributed by atoms with Gasteiger partial charge >= 0.3 is 0 Å². The van der Waals surface area contributed by atoms with Crippen LogP contribution in [0.3, 0.4) is 0 Å². The Morgan fingerprint density at radius 1 is 1.07 bits per heavy atom. The Kier molecular flexibility index (Phi) is 5.09. The molecule has 28 heavy (non-hydrogen) atoms. The Balaban J connectivity index is 1.66. The molecule has 1 aliphatic heterocycles. The van der Waals surface area contributed by atoms with Crippen LogP contribution in [0.25, 0.3) is 11.2 Å². The summed E-state index contributed by atoms with van der Waals surface area (Å²) in [4.78, 5) is 12.8. The lowest BCUT2D eigenvalue weighted by atomic mass is 10.1. The van der Waals surface area contributed by atoms with E-state index in [1.165, 1.54) is 17.2 Å². The van der Waals surface area contributed by atoms with E-state index in [1.807, 2.05) is 30.3 Å². The molecule has 1 saturated heterocycles. The van der Waals surface area contributed by atoms with Crippen molar-refractivity contribution in [1.82, 2.24) is 19.3 Å². The van der Waals surface area contributed by atoms with E-state index in [9.17, 15) is 20.5 Å². The average molecular weight is 387 g/mol. The summed E-state index contributed by atoms with van der Waals surface area (Å²) >= 11 is 0. The molecule has 0 spiro atoms. The summed E-state index contributed by atoms with van der Waals surface area (Å²) in [6.07, 6.45) is -1.07. The molecule has 1 aromatic carbocycles. The molecule has 1 fully saturated rings. The Hall–Kier alpha value is -2.79. The van der Waals surface area contributed by atoms with E-state index in [1.54, 1.807) is 0 Å². The van der Waals surface area contributed by atoms with Gasteiger partial charge in [0.05, 0.1) is 12.9 Å². The Bertz CT molecular complexity index is 1020. The van der Waals surface area contributed by atoms with Gasteiger partial charge in [0.15, 0.2) is 22.9 Å². The predicted octanol–water partition coefficient (Wildman–Crippen LogP) is -0.775. The van der Waals surface area contributed by atoms with Gasteiger partial charge in [-0.15, -0.1) is 0 Å². The maximum Gasteiger partial charge on any atom is 0.195 e. The highest BCUT2D eigenvalue weighted by Crippen LogP contribution is 2.30. The molecule has 0 aliphatic carbocycles. The third kappa shape index (κ3) is 3.27. The minimum absolute atomic E-state index is 0.228.